The summed E-state index contributed by atoms with van der Waals surface area (Å²) in [4.78, 5) is 6.75. The molecule has 2 aliphatic rings. The van der Waals surface area contributed by atoms with Gasteiger partial charge in [0, 0.05) is 38.1 Å². The zero-order valence-corrected chi connectivity index (χ0v) is 10.9. The van der Waals surface area contributed by atoms with Crippen LogP contribution in [-0.2, 0) is 11.2 Å². The Morgan fingerprint density at radius 3 is 2.72 bits per heavy atom. The van der Waals surface area contributed by atoms with Crippen molar-refractivity contribution in [1.29, 1.82) is 0 Å². The first-order valence-corrected chi connectivity index (χ1v) is 7.12. The number of nitrogens with zero attached hydrogens (tertiary/aromatic N) is 2. The van der Waals surface area contributed by atoms with Crippen molar-refractivity contribution in [1.82, 2.24) is 9.88 Å². The molecule has 0 bridgehead atoms. The molecule has 1 aromatic heterocycles. The number of aromatic nitrogens is 1. The second-order valence-electron chi connectivity index (χ2n) is 5.56. The Hall–Kier alpha value is -0.930. The SMILES string of the molecule is c1cc(CCN(CC2CCOC2)C2CC2)ccn1. The van der Waals surface area contributed by atoms with E-state index < -0.39 is 0 Å². The zero-order chi connectivity index (χ0) is 12.2. The van der Waals surface area contributed by atoms with E-state index in [4.69, 9.17) is 4.74 Å². The van der Waals surface area contributed by atoms with Gasteiger partial charge in [-0.2, -0.15) is 0 Å². The fourth-order valence-corrected chi connectivity index (χ4v) is 2.74. The summed E-state index contributed by atoms with van der Waals surface area (Å²) in [5, 5.41) is 0. The van der Waals surface area contributed by atoms with Crippen LogP contribution in [0.3, 0.4) is 0 Å². The van der Waals surface area contributed by atoms with Gasteiger partial charge in [0.25, 0.3) is 0 Å². The Morgan fingerprint density at radius 1 is 1.22 bits per heavy atom. The van der Waals surface area contributed by atoms with E-state index in [0.29, 0.717) is 0 Å². The second kappa shape index (κ2) is 5.81. The van der Waals surface area contributed by atoms with Gasteiger partial charge < -0.3 is 4.74 Å². The molecule has 1 saturated heterocycles. The molecule has 1 atom stereocenters. The zero-order valence-electron chi connectivity index (χ0n) is 10.9. The minimum absolute atomic E-state index is 0.767. The summed E-state index contributed by atoms with van der Waals surface area (Å²) in [7, 11) is 0. The molecular weight excluding hydrogens is 224 g/mol. The van der Waals surface area contributed by atoms with Crippen LogP contribution in [0.4, 0.5) is 0 Å². The summed E-state index contributed by atoms with van der Waals surface area (Å²) in [5.41, 5.74) is 1.40. The van der Waals surface area contributed by atoms with Gasteiger partial charge in [0.15, 0.2) is 0 Å². The number of hydrogen-bond acceptors (Lipinski definition) is 3. The van der Waals surface area contributed by atoms with E-state index in [1.807, 2.05) is 12.4 Å². The average Bonchev–Trinajstić information content (AvgIpc) is 3.13. The highest BCUT2D eigenvalue weighted by molar-refractivity contribution is 5.10. The van der Waals surface area contributed by atoms with E-state index in [0.717, 1.165) is 31.6 Å². The predicted molar refractivity (Wildman–Crippen MR) is 71.5 cm³/mol. The van der Waals surface area contributed by atoms with Gasteiger partial charge >= 0.3 is 0 Å². The lowest BCUT2D eigenvalue weighted by molar-refractivity contribution is 0.164. The summed E-state index contributed by atoms with van der Waals surface area (Å²) in [6.45, 7) is 4.35. The van der Waals surface area contributed by atoms with Crippen molar-refractivity contribution < 1.29 is 4.74 Å². The summed E-state index contributed by atoms with van der Waals surface area (Å²) >= 11 is 0. The van der Waals surface area contributed by atoms with Gasteiger partial charge in [0.2, 0.25) is 0 Å². The molecule has 2 fully saturated rings. The second-order valence-corrected chi connectivity index (χ2v) is 5.56. The standard InChI is InChI=1S/C15H22N2O/c1-2-15(1)17(11-14-6-10-18-12-14)9-5-13-3-7-16-8-4-13/h3-4,7-8,14-15H,1-2,5-6,9-12H2. The predicted octanol–water partition coefficient (Wildman–Crippen LogP) is 2.12. The first kappa shape index (κ1) is 12.1. The van der Waals surface area contributed by atoms with Gasteiger partial charge in [-0.3, -0.25) is 9.88 Å². The molecule has 3 nitrogen and oxygen atoms in total. The van der Waals surface area contributed by atoms with Gasteiger partial charge in [-0.1, -0.05) is 0 Å². The molecule has 0 N–H and O–H groups in total. The molecule has 1 aliphatic carbocycles. The summed E-state index contributed by atoms with van der Waals surface area (Å²) in [6, 6.07) is 5.11. The quantitative estimate of drug-likeness (QED) is 0.769. The molecule has 0 spiro atoms. The summed E-state index contributed by atoms with van der Waals surface area (Å²) in [5.74, 6) is 0.767. The van der Waals surface area contributed by atoms with Gasteiger partial charge in [0.1, 0.15) is 0 Å². The Labute approximate surface area is 109 Å². The monoisotopic (exact) mass is 246 g/mol. The van der Waals surface area contributed by atoms with Crippen LogP contribution in [-0.4, -0.2) is 42.2 Å². The van der Waals surface area contributed by atoms with E-state index in [9.17, 15) is 0 Å². The molecule has 0 amide bonds. The maximum Gasteiger partial charge on any atom is 0.0507 e. The van der Waals surface area contributed by atoms with Gasteiger partial charge in [-0.15, -0.1) is 0 Å². The molecule has 18 heavy (non-hydrogen) atoms. The first-order chi connectivity index (χ1) is 8.92. The largest absolute Gasteiger partial charge is 0.381 e. The van der Waals surface area contributed by atoms with Crippen molar-refractivity contribution in [3.05, 3.63) is 30.1 Å². The topological polar surface area (TPSA) is 25.4 Å². The maximum absolute atomic E-state index is 5.49. The van der Waals surface area contributed by atoms with E-state index in [-0.39, 0.29) is 0 Å². The third-order valence-corrected chi connectivity index (χ3v) is 4.02. The molecule has 3 rings (SSSR count). The Morgan fingerprint density at radius 2 is 2.06 bits per heavy atom. The van der Waals surface area contributed by atoms with E-state index in [2.05, 4.69) is 22.0 Å². The van der Waals surface area contributed by atoms with E-state index in [1.165, 1.54) is 37.9 Å². The molecule has 1 aromatic rings. The third kappa shape index (κ3) is 3.30. The van der Waals surface area contributed by atoms with Crippen LogP contribution in [0.25, 0.3) is 0 Å². The van der Waals surface area contributed by atoms with Crippen LogP contribution in [0, 0.1) is 5.92 Å². The van der Waals surface area contributed by atoms with Crippen molar-refractivity contribution in [2.45, 2.75) is 31.7 Å². The molecular formula is C15H22N2O. The highest BCUT2D eigenvalue weighted by Crippen LogP contribution is 2.29. The van der Waals surface area contributed by atoms with Crippen LogP contribution in [0.1, 0.15) is 24.8 Å². The first-order valence-electron chi connectivity index (χ1n) is 7.12. The smallest absolute Gasteiger partial charge is 0.0507 e. The number of pyridine rings is 1. The molecule has 98 valence electrons. The molecule has 3 heteroatoms. The van der Waals surface area contributed by atoms with Gasteiger partial charge in [-0.05, 0) is 49.3 Å². The number of ether oxygens (including phenoxy) is 1. The average molecular weight is 246 g/mol. The normalized spacial score (nSPS) is 23.7. The minimum atomic E-state index is 0.767. The highest BCUT2D eigenvalue weighted by atomic mass is 16.5. The van der Waals surface area contributed by atoms with Crippen molar-refractivity contribution in [2.24, 2.45) is 5.92 Å². The van der Waals surface area contributed by atoms with Crippen molar-refractivity contribution in [2.75, 3.05) is 26.3 Å². The molecule has 0 radical (unpaired) electrons. The van der Waals surface area contributed by atoms with Crippen LogP contribution in [0.2, 0.25) is 0 Å². The molecule has 0 aromatic carbocycles. The fourth-order valence-electron chi connectivity index (χ4n) is 2.74. The summed E-state index contributed by atoms with van der Waals surface area (Å²) in [6.07, 6.45) is 8.96. The Bertz CT molecular complexity index is 358. The van der Waals surface area contributed by atoms with E-state index in [1.54, 1.807) is 0 Å². The number of hydrogen-bond donors (Lipinski definition) is 0. The van der Waals surface area contributed by atoms with Crippen LogP contribution < -0.4 is 0 Å². The highest BCUT2D eigenvalue weighted by Gasteiger charge is 2.31. The molecule has 1 unspecified atom stereocenters. The Kier molecular flexibility index (Phi) is 3.91. The molecule has 2 heterocycles. The van der Waals surface area contributed by atoms with Gasteiger partial charge in [-0.25, -0.2) is 0 Å². The molecule has 1 saturated carbocycles. The van der Waals surface area contributed by atoms with E-state index >= 15 is 0 Å². The van der Waals surface area contributed by atoms with Crippen LogP contribution in [0.15, 0.2) is 24.5 Å². The lowest BCUT2D eigenvalue weighted by Crippen LogP contribution is -2.33. The lowest BCUT2D eigenvalue weighted by Gasteiger charge is -2.24. The third-order valence-electron chi connectivity index (χ3n) is 4.02. The van der Waals surface area contributed by atoms with Crippen molar-refractivity contribution in [3.8, 4) is 0 Å². The molecule has 1 aliphatic heterocycles. The maximum atomic E-state index is 5.49. The lowest BCUT2D eigenvalue weighted by atomic mass is 10.1. The number of rotatable bonds is 6. The van der Waals surface area contributed by atoms with Crippen molar-refractivity contribution in [3.63, 3.8) is 0 Å². The summed E-state index contributed by atoms with van der Waals surface area (Å²) < 4.78 is 5.49. The van der Waals surface area contributed by atoms with Crippen molar-refractivity contribution >= 4 is 0 Å². The van der Waals surface area contributed by atoms with Crippen LogP contribution >= 0.6 is 0 Å². The Balaban J connectivity index is 1.50. The fraction of sp³-hybridized carbons (Fsp3) is 0.667. The van der Waals surface area contributed by atoms with Crippen LogP contribution in [0.5, 0.6) is 0 Å². The minimum Gasteiger partial charge on any atom is -0.381 e. The van der Waals surface area contributed by atoms with Gasteiger partial charge in [0.05, 0.1) is 6.61 Å².